The van der Waals surface area contributed by atoms with Gasteiger partial charge in [-0.25, -0.2) is 4.79 Å². The largest absolute Gasteiger partial charge is 0.478 e. The topological polar surface area (TPSA) is 51.5 Å². The number of hydrogen-bond acceptors (Lipinski definition) is 2. The maximum Gasteiger partial charge on any atom is 0.335 e. The molecule has 2 aromatic carbocycles. The van der Waals surface area contributed by atoms with Crippen molar-refractivity contribution in [1.29, 1.82) is 0 Å². The molecule has 1 aliphatic carbocycles. The first kappa shape index (κ1) is 15.2. The van der Waals surface area contributed by atoms with Crippen LogP contribution in [0.25, 0.3) is 21.8 Å². The summed E-state index contributed by atoms with van der Waals surface area (Å²) in [4.78, 5) is 11.4. The van der Waals surface area contributed by atoms with Crippen LogP contribution in [0, 0.1) is 0 Å². The van der Waals surface area contributed by atoms with Gasteiger partial charge in [-0.1, -0.05) is 24.3 Å². The molecule has 1 heterocycles. The van der Waals surface area contributed by atoms with E-state index in [2.05, 4.69) is 22.8 Å². The third-order valence-electron chi connectivity index (χ3n) is 5.30. The molecule has 1 saturated carbocycles. The molecule has 24 heavy (non-hydrogen) atoms. The Morgan fingerprint density at radius 2 is 1.75 bits per heavy atom. The molecule has 4 heteroatoms. The summed E-state index contributed by atoms with van der Waals surface area (Å²) >= 11 is 0. The van der Waals surface area contributed by atoms with Crippen LogP contribution < -0.4 is 0 Å². The fraction of sp³-hybridized carbons (Fsp3) is 0.350. The van der Waals surface area contributed by atoms with Gasteiger partial charge >= 0.3 is 5.97 Å². The lowest BCUT2D eigenvalue weighted by Gasteiger charge is -2.30. The van der Waals surface area contributed by atoms with Crippen molar-refractivity contribution in [3.05, 3.63) is 48.0 Å². The van der Waals surface area contributed by atoms with E-state index in [1.54, 1.807) is 13.2 Å². The average Bonchev–Trinajstić information content (AvgIpc) is 2.95. The summed E-state index contributed by atoms with van der Waals surface area (Å²) < 4.78 is 7.85. The summed E-state index contributed by atoms with van der Waals surface area (Å²) in [6.45, 7) is 0. The first-order chi connectivity index (χ1) is 11.7. The number of rotatable bonds is 3. The first-order valence-corrected chi connectivity index (χ1v) is 8.48. The van der Waals surface area contributed by atoms with E-state index in [9.17, 15) is 9.90 Å². The van der Waals surface area contributed by atoms with Gasteiger partial charge < -0.3 is 14.4 Å². The Kier molecular flexibility index (Phi) is 3.77. The summed E-state index contributed by atoms with van der Waals surface area (Å²) in [5.41, 5.74) is 2.56. The van der Waals surface area contributed by atoms with Gasteiger partial charge in [-0.05, 0) is 43.9 Å². The van der Waals surface area contributed by atoms with Crippen molar-refractivity contribution < 1.29 is 14.6 Å². The summed E-state index contributed by atoms with van der Waals surface area (Å²) in [6, 6.07) is 14.2. The van der Waals surface area contributed by atoms with Crippen molar-refractivity contribution in [2.45, 2.75) is 37.8 Å². The summed E-state index contributed by atoms with van der Waals surface area (Å²) in [6.07, 6.45) is 4.57. The summed E-state index contributed by atoms with van der Waals surface area (Å²) in [5.74, 6) is -0.878. The highest BCUT2D eigenvalue weighted by Gasteiger charge is 2.25. The number of carboxylic acid groups (broad SMARTS) is 1. The molecule has 0 unspecified atom stereocenters. The van der Waals surface area contributed by atoms with Crippen LogP contribution in [-0.4, -0.2) is 28.9 Å². The molecule has 124 valence electrons. The van der Waals surface area contributed by atoms with Crippen LogP contribution in [0.1, 0.15) is 42.1 Å². The number of carbonyl (C=O) groups is 1. The van der Waals surface area contributed by atoms with E-state index in [1.807, 2.05) is 18.2 Å². The van der Waals surface area contributed by atoms with E-state index < -0.39 is 5.97 Å². The zero-order valence-corrected chi connectivity index (χ0v) is 13.7. The Balaban J connectivity index is 1.90. The Hall–Kier alpha value is -2.33. The normalized spacial score (nSPS) is 21.4. The molecule has 0 spiro atoms. The lowest BCUT2D eigenvalue weighted by atomic mass is 9.92. The monoisotopic (exact) mass is 323 g/mol. The smallest absolute Gasteiger partial charge is 0.335 e. The Labute approximate surface area is 140 Å². The van der Waals surface area contributed by atoms with Crippen LogP contribution in [0.2, 0.25) is 0 Å². The van der Waals surface area contributed by atoms with Crippen LogP contribution in [0.5, 0.6) is 0 Å². The van der Waals surface area contributed by atoms with Crippen LogP contribution in [0.4, 0.5) is 0 Å². The standard InChI is InChI=1S/C20H21NO3/c1-24-15-9-7-14(8-10-15)21-18-5-3-2-4-16(18)17-11-6-13(20(22)23)12-19(17)21/h2-6,11-12,14-15H,7-10H2,1H3,(H,22,23). The number of methoxy groups -OCH3 is 1. The molecule has 3 aromatic rings. The number of benzene rings is 2. The minimum absolute atomic E-state index is 0.345. The molecule has 0 saturated heterocycles. The van der Waals surface area contributed by atoms with Gasteiger partial charge in [-0.15, -0.1) is 0 Å². The van der Waals surface area contributed by atoms with Gasteiger partial charge in [0.1, 0.15) is 0 Å². The lowest BCUT2D eigenvalue weighted by Crippen LogP contribution is -2.22. The van der Waals surface area contributed by atoms with E-state index >= 15 is 0 Å². The second kappa shape index (κ2) is 5.95. The Bertz CT molecular complexity index is 904. The third-order valence-corrected chi connectivity index (χ3v) is 5.30. The van der Waals surface area contributed by atoms with Gasteiger partial charge in [0.05, 0.1) is 17.2 Å². The molecule has 0 radical (unpaired) electrons. The molecule has 1 N–H and O–H groups in total. The van der Waals surface area contributed by atoms with Gasteiger partial charge in [0.25, 0.3) is 0 Å². The maximum absolute atomic E-state index is 11.4. The molecule has 1 fully saturated rings. The SMILES string of the molecule is COC1CCC(n2c3ccccc3c3ccc(C(=O)O)cc32)CC1. The molecule has 0 bridgehead atoms. The summed E-state index contributed by atoms with van der Waals surface area (Å²) in [5, 5.41) is 11.7. The lowest BCUT2D eigenvalue weighted by molar-refractivity contribution is 0.0595. The van der Waals surface area contributed by atoms with Crippen molar-refractivity contribution in [2.75, 3.05) is 7.11 Å². The van der Waals surface area contributed by atoms with Crippen LogP contribution >= 0.6 is 0 Å². The van der Waals surface area contributed by atoms with Crippen molar-refractivity contribution in [3.63, 3.8) is 0 Å². The van der Waals surface area contributed by atoms with Gasteiger partial charge in [0, 0.05) is 29.4 Å². The van der Waals surface area contributed by atoms with Crippen molar-refractivity contribution in [3.8, 4) is 0 Å². The third kappa shape index (κ3) is 2.38. The first-order valence-electron chi connectivity index (χ1n) is 8.48. The fourth-order valence-electron chi connectivity index (χ4n) is 4.07. The second-order valence-corrected chi connectivity index (χ2v) is 6.59. The van der Waals surface area contributed by atoms with E-state index in [0.717, 1.165) is 36.6 Å². The number of aromatic nitrogens is 1. The van der Waals surface area contributed by atoms with Crippen LogP contribution in [0.15, 0.2) is 42.5 Å². The van der Waals surface area contributed by atoms with Crippen molar-refractivity contribution >= 4 is 27.8 Å². The van der Waals surface area contributed by atoms with Gasteiger partial charge in [-0.2, -0.15) is 0 Å². The highest BCUT2D eigenvalue weighted by molar-refractivity contribution is 6.09. The zero-order valence-electron chi connectivity index (χ0n) is 13.7. The minimum Gasteiger partial charge on any atom is -0.478 e. The fourth-order valence-corrected chi connectivity index (χ4v) is 4.07. The highest BCUT2D eigenvalue weighted by atomic mass is 16.5. The average molecular weight is 323 g/mol. The second-order valence-electron chi connectivity index (χ2n) is 6.59. The Morgan fingerprint density at radius 3 is 2.46 bits per heavy atom. The number of hydrogen-bond donors (Lipinski definition) is 1. The molecule has 0 atom stereocenters. The maximum atomic E-state index is 11.4. The van der Waals surface area contributed by atoms with E-state index in [4.69, 9.17) is 4.74 Å². The van der Waals surface area contributed by atoms with E-state index in [1.165, 1.54) is 10.9 Å². The number of aromatic carboxylic acids is 1. The molecule has 1 aromatic heterocycles. The Morgan fingerprint density at radius 1 is 1.04 bits per heavy atom. The van der Waals surface area contributed by atoms with Crippen LogP contribution in [-0.2, 0) is 4.74 Å². The molecule has 1 aliphatic rings. The minimum atomic E-state index is -0.878. The number of fused-ring (bicyclic) bond motifs is 3. The summed E-state index contributed by atoms with van der Waals surface area (Å²) in [7, 11) is 1.78. The van der Waals surface area contributed by atoms with Crippen molar-refractivity contribution in [1.82, 2.24) is 4.57 Å². The van der Waals surface area contributed by atoms with Gasteiger partial charge in [-0.3, -0.25) is 0 Å². The number of nitrogens with zero attached hydrogens (tertiary/aromatic N) is 1. The van der Waals surface area contributed by atoms with Gasteiger partial charge in [0.2, 0.25) is 0 Å². The van der Waals surface area contributed by atoms with Crippen LogP contribution in [0.3, 0.4) is 0 Å². The number of carboxylic acids is 1. The molecule has 0 aliphatic heterocycles. The molecule has 4 rings (SSSR count). The quantitative estimate of drug-likeness (QED) is 0.765. The zero-order chi connectivity index (χ0) is 16.7. The molecule has 0 amide bonds. The highest BCUT2D eigenvalue weighted by Crippen LogP contribution is 2.38. The van der Waals surface area contributed by atoms with Gasteiger partial charge in [0.15, 0.2) is 0 Å². The van der Waals surface area contributed by atoms with Crippen molar-refractivity contribution in [2.24, 2.45) is 0 Å². The molecular weight excluding hydrogens is 302 g/mol. The van der Waals surface area contributed by atoms with E-state index in [-0.39, 0.29) is 0 Å². The predicted octanol–water partition coefficient (Wildman–Crippen LogP) is 4.62. The number of para-hydroxylation sites is 1. The predicted molar refractivity (Wildman–Crippen MR) is 94.7 cm³/mol. The molecular formula is C20H21NO3. The molecule has 4 nitrogen and oxygen atoms in total. The van der Waals surface area contributed by atoms with E-state index in [0.29, 0.717) is 17.7 Å². The number of ether oxygens (including phenoxy) is 1.